The van der Waals surface area contributed by atoms with Gasteiger partial charge < -0.3 is 9.30 Å². The van der Waals surface area contributed by atoms with Gasteiger partial charge in [-0.15, -0.1) is 0 Å². The van der Waals surface area contributed by atoms with Gasteiger partial charge in [0.25, 0.3) is 0 Å². The van der Waals surface area contributed by atoms with Crippen LogP contribution in [0.2, 0.25) is 0 Å². The van der Waals surface area contributed by atoms with Gasteiger partial charge in [0.2, 0.25) is 0 Å². The van der Waals surface area contributed by atoms with Gasteiger partial charge in [-0.25, -0.2) is 0 Å². The lowest BCUT2D eigenvalue weighted by Crippen LogP contribution is -2.39. The van der Waals surface area contributed by atoms with Crippen LogP contribution in [0.3, 0.4) is 0 Å². The number of nitrogens with zero attached hydrogens (tertiary/aromatic N) is 2. The minimum atomic E-state index is 0.326. The van der Waals surface area contributed by atoms with Gasteiger partial charge in [0.05, 0.1) is 13.2 Å². The van der Waals surface area contributed by atoms with Crippen molar-refractivity contribution in [1.29, 1.82) is 0 Å². The Kier molecular flexibility index (Phi) is 3.94. The first-order chi connectivity index (χ1) is 9.66. The fourth-order valence-electron chi connectivity index (χ4n) is 3.60. The van der Waals surface area contributed by atoms with Crippen LogP contribution in [0.5, 0.6) is 0 Å². The number of aromatic nitrogens is 1. The Labute approximate surface area is 120 Å². The predicted octanol–water partition coefficient (Wildman–Crippen LogP) is 2.21. The Morgan fingerprint density at radius 1 is 1.30 bits per heavy atom. The third kappa shape index (κ3) is 2.54. The standard InChI is InChI=1S/C16H24N2O2/c1-12-10-14-15(4-3-5-16(14)19)18(12)13(2)11-17-6-8-20-9-7-17/h10,13H,3-9,11H2,1-2H3. The second-order valence-corrected chi connectivity index (χ2v) is 6.05. The number of rotatable bonds is 3. The molecule has 0 radical (unpaired) electrons. The lowest BCUT2D eigenvalue weighted by molar-refractivity contribution is 0.0323. The first kappa shape index (κ1) is 13.8. The molecular formula is C16H24N2O2. The van der Waals surface area contributed by atoms with Gasteiger partial charge in [-0.1, -0.05) is 0 Å². The number of hydrogen-bond acceptors (Lipinski definition) is 3. The van der Waals surface area contributed by atoms with Crippen LogP contribution in [0.1, 0.15) is 47.6 Å². The molecule has 4 heteroatoms. The van der Waals surface area contributed by atoms with E-state index in [1.54, 1.807) is 0 Å². The maximum Gasteiger partial charge on any atom is 0.164 e. The molecule has 0 spiro atoms. The first-order valence-corrected chi connectivity index (χ1v) is 7.71. The predicted molar refractivity (Wildman–Crippen MR) is 78.4 cm³/mol. The molecule has 1 aliphatic heterocycles. The van der Waals surface area contributed by atoms with Crippen molar-refractivity contribution in [2.24, 2.45) is 0 Å². The lowest BCUT2D eigenvalue weighted by atomic mass is 9.96. The quantitative estimate of drug-likeness (QED) is 0.849. The van der Waals surface area contributed by atoms with E-state index in [-0.39, 0.29) is 0 Å². The van der Waals surface area contributed by atoms with E-state index in [2.05, 4.69) is 29.4 Å². The Balaban J connectivity index is 1.80. The van der Waals surface area contributed by atoms with E-state index >= 15 is 0 Å². The van der Waals surface area contributed by atoms with E-state index in [4.69, 9.17) is 4.74 Å². The molecule has 1 aromatic rings. The van der Waals surface area contributed by atoms with Crippen LogP contribution in [-0.4, -0.2) is 48.1 Å². The largest absolute Gasteiger partial charge is 0.379 e. The normalized spacial score (nSPS) is 21.8. The summed E-state index contributed by atoms with van der Waals surface area (Å²) >= 11 is 0. The average Bonchev–Trinajstić information content (AvgIpc) is 2.78. The molecular weight excluding hydrogens is 252 g/mol. The Morgan fingerprint density at radius 2 is 2.05 bits per heavy atom. The van der Waals surface area contributed by atoms with Crippen molar-refractivity contribution < 1.29 is 9.53 Å². The van der Waals surface area contributed by atoms with Crippen molar-refractivity contribution >= 4 is 5.78 Å². The van der Waals surface area contributed by atoms with Crippen LogP contribution in [0, 0.1) is 6.92 Å². The summed E-state index contributed by atoms with van der Waals surface area (Å²) in [7, 11) is 0. The van der Waals surface area contributed by atoms with E-state index in [9.17, 15) is 4.79 Å². The molecule has 0 saturated carbocycles. The van der Waals surface area contributed by atoms with E-state index in [0.717, 1.165) is 51.3 Å². The van der Waals surface area contributed by atoms with Crippen molar-refractivity contribution in [2.45, 2.75) is 39.2 Å². The summed E-state index contributed by atoms with van der Waals surface area (Å²) in [6, 6.07) is 2.51. The van der Waals surface area contributed by atoms with Gasteiger partial charge in [-0.05, 0) is 32.8 Å². The van der Waals surface area contributed by atoms with Gasteiger partial charge in [-0.3, -0.25) is 9.69 Å². The molecule has 110 valence electrons. The van der Waals surface area contributed by atoms with Gasteiger partial charge in [-0.2, -0.15) is 0 Å². The number of aryl methyl sites for hydroxylation is 1. The highest BCUT2D eigenvalue weighted by atomic mass is 16.5. The minimum Gasteiger partial charge on any atom is -0.379 e. The summed E-state index contributed by atoms with van der Waals surface area (Å²) in [5.41, 5.74) is 3.47. The Morgan fingerprint density at radius 3 is 2.80 bits per heavy atom. The van der Waals surface area contributed by atoms with E-state index in [0.29, 0.717) is 18.2 Å². The van der Waals surface area contributed by atoms with Crippen LogP contribution in [0.15, 0.2) is 6.07 Å². The molecule has 4 nitrogen and oxygen atoms in total. The van der Waals surface area contributed by atoms with Crippen LogP contribution >= 0.6 is 0 Å². The van der Waals surface area contributed by atoms with Crippen LogP contribution in [0.25, 0.3) is 0 Å². The molecule has 1 fully saturated rings. The molecule has 0 bridgehead atoms. The molecule has 0 amide bonds. The third-order valence-corrected chi connectivity index (χ3v) is 4.52. The Hall–Kier alpha value is -1.13. The smallest absolute Gasteiger partial charge is 0.164 e. The molecule has 2 aliphatic rings. The highest BCUT2D eigenvalue weighted by Gasteiger charge is 2.25. The number of ether oxygens (including phenoxy) is 1. The highest BCUT2D eigenvalue weighted by Crippen LogP contribution is 2.28. The number of ketones is 1. The third-order valence-electron chi connectivity index (χ3n) is 4.52. The van der Waals surface area contributed by atoms with Crippen molar-refractivity contribution in [1.82, 2.24) is 9.47 Å². The second kappa shape index (κ2) is 5.70. The summed E-state index contributed by atoms with van der Waals surface area (Å²) in [5.74, 6) is 0.326. The first-order valence-electron chi connectivity index (χ1n) is 7.71. The van der Waals surface area contributed by atoms with Gasteiger partial charge in [0.15, 0.2) is 5.78 Å². The summed E-state index contributed by atoms with van der Waals surface area (Å²) in [6.07, 6.45) is 2.76. The molecule has 1 aliphatic carbocycles. The highest BCUT2D eigenvalue weighted by molar-refractivity contribution is 5.98. The number of hydrogen-bond donors (Lipinski definition) is 0. The van der Waals surface area contributed by atoms with Crippen LogP contribution in [0.4, 0.5) is 0 Å². The second-order valence-electron chi connectivity index (χ2n) is 6.05. The van der Waals surface area contributed by atoms with Gasteiger partial charge >= 0.3 is 0 Å². The number of Topliss-reactive ketones (excluding diaryl/α,β-unsaturated/α-hetero) is 1. The van der Waals surface area contributed by atoms with Crippen LogP contribution < -0.4 is 0 Å². The lowest BCUT2D eigenvalue weighted by Gasteiger charge is -2.31. The fourth-order valence-corrected chi connectivity index (χ4v) is 3.60. The van der Waals surface area contributed by atoms with Crippen molar-refractivity contribution in [2.75, 3.05) is 32.8 Å². The zero-order valence-electron chi connectivity index (χ0n) is 12.5. The maximum absolute atomic E-state index is 12.0. The molecule has 1 saturated heterocycles. The Bertz CT molecular complexity index is 501. The molecule has 20 heavy (non-hydrogen) atoms. The number of carbonyl (C=O) groups is 1. The summed E-state index contributed by atoms with van der Waals surface area (Å²) in [4.78, 5) is 14.5. The summed E-state index contributed by atoms with van der Waals surface area (Å²) in [6.45, 7) is 9.16. The van der Waals surface area contributed by atoms with E-state index in [1.807, 2.05) is 0 Å². The minimum absolute atomic E-state index is 0.326. The molecule has 1 unspecified atom stereocenters. The zero-order chi connectivity index (χ0) is 14.1. The molecule has 3 rings (SSSR count). The van der Waals surface area contributed by atoms with E-state index in [1.165, 1.54) is 11.4 Å². The number of morpholine rings is 1. The van der Waals surface area contributed by atoms with Gasteiger partial charge in [0, 0.05) is 49.0 Å². The SMILES string of the molecule is Cc1cc2c(n1C(C)CN1CCOCC1)CCCC2=O. The molecule has 2 heterocycles. The molecule has 1 aromatic heterocycles. The maximum atomic E-state index is 12.0. The molecule has 1 atom stereocenters. The topological polar surface area (TPSA) is 34.5 Å². The molecule has 0 aromatic carbocycles. The summed E-state index contributed by atoms with van der Waals surface area (Å²) < 4.78 is 7.80. The van der Waals surface area contributed by atoms with Crippen LogP contribution in [-0.2, 0) is 11.2 Å². The fraction of sp³-hybridized carbons (Fsp3) is 0.688. The number of carbonyl (C=O) groups excluding carboxylic acids is 1. The van der Waals surface area contributed by atoms with Gasteiger partial charge in [0.1, 0.15) is 0 Å². The van der Waals surface area contributed by atoms with Crippen molar-refractivity contribution in [3.05, 3.63) is 23.0 Å². The van der Waals surface area contributed by atoms with Crippen molar-refractivity contribution in [3.63, 3.8) is 0 Å². The zero-order valence-corrected chi connectivity index (χ0v) is 12.5. The molecule has 0 N–H and O–H groups in total. The van der Waals surface area contributed by atoms with E-state index < -0.39 is 0 Å². The summed E-state index contributed by atoms with van der Waals surface area (Å²) in [5, 5.41) is 0. The van der Waals surface area contributed by atoms with Crippen molar-refractivity contribution in [3.8, 4) is 0 Å². The average molecular weight is 276 g/mol. The monoisotopic (exact) mass is 276 g/mol. The number of fused-ring (bicyclic) bond motifs is 1.